The van der Waals surface area contributed by atoms with Crippen LogP contribution in [0.1, 0.15) is 38.0 Å². The summed E-state index contributed by atoms with van der Waals surface area (Å²) < 4.78 is 6.45. The van der Waals surface area contributed by atoms with Gasteiger partial charge >= 0.3 is 0 Å². The summed E-state index contributed by atoms with van der Waals surface area (Å²) in [5.41, 5.74) is 0.926. The normalized spacial score (nSPS) is 18.5. The molecule has 1 aromatic heterocycles. The molecule has 2 heterocycles. The highest BCUT2D eigenvalue weighted by atomic mass is 79.9. The lowest BCUT2D eigenvalue weighted by Gasteiger charge is -2.30. The van der Waals surface area contributed by atoms with Crippen molar-refractivity contribution in [3.63, 3.8) is 0 Å². The van der Waals surface area contributed by atoms with Gasteiger partial charge in [0.1, 0.15) is 0 Å². The van der Waals surface area contributed by atoms with E-state index in [4.69, 9.17) is 4.52 Å². The molecule has 0 spiro atoms. The third-order valence-corrected chi connectivity index (χ3v) is 4.50. The molecule has 1 atom stereocenters. The number of benzene rings is 1. The number of halogens is 1. The van der Waals surface area contributed by atoms with E-state index in [0.29, 0.717) is 24.7 Å². The molecule has 0 N–H and O–H groups in total. The quantitative estimate of drug-likeness (QED) is 0.835. The van der Waals surface area contributed by atoms with Gasteiger partial charge in [0, 0.05) is 29.5 Å². The molecule has 1 fully saturated rings. The number of carbonyl (C=O) groups excluding carboxylic acids is 1. The summed E-state index contributed by atoms with van der Waals surface area (Å²) >= 11 is 3.41. The maximum Gasteiger partial charge on any atom is 0.231 e. The van der Waals surface area contributed by atoms with Crippen LogP contribution in [-0.2, 0) is 4.79 Å². The van der Waals surface area contributed by atoms with Crippen LogP contribution >= 0.6 is 15.9 Å². The van der Waals surface area contributed by atoms with Gasteiger partial charge in [-0.3, -0.25) is 4.79 Å². The lowest BCUT2D eigenvalue weighted by Crippen LogP contribution is -2.38. The maximum absolute atomic E-state index is 11.9. The zero-order valence-electron chi connectivity index (χ0n) is 12.5. The second-order valence-corrected chi connectivity index (χ2v) is 6.41. The van der Waals surface area contributed by atoms with E-state index in [0.717, 1.165) is 29.4 Å². The number of amides is 1. The van der Waals surface area contributed by atoms with Gasteiger partial charge in [-0.2, -0.15) is 4.98 Å². The Morgan fingerprint density at radius 2 is 2.18 bits per heavy atom. The van der Waals surface area contributed by atoms with Crippen LogP contribution in [0.2, 0.25) is 0 Å². The fourth-order valence-corrected chi connectivity index (χ4v) is 3.01. The highest BCUT2D eigenvalue weighted by molar-refractivity contribution is 9.10. The smallest absolute Gasteiger partial charge is 0.231 e. The Balaban J connectivity index is 1.75. The number of carbonyl (C=O) groups is 1. The van der Waals surface area contributed by atoms with Crippen molar-refractivity contribution in [1.29, 1.82) is 0 Å². The third-order valence-electron chi connectivity index (χ3n) is 3.97. The number of hydrogen-bond acceptors (Lipinski definition) is 4. The SMILES string of the molecule is CCC(=O)N1CCC[C@@H](c2nc(-c3ccc(Br)cc3)no2)C1. The van der Waals surface area contributed by atoms with Crippen molar-refractivity contribution < 1.29 is 9.32 Å². The number of rotatable bonds is 3. The Labute approximate surface area is 137 Å². The molecule has 0 saturated carbocycles. The van der Waals surface area contributed by atoms with Gasteiger partial charge in [-0.15, -0.1) is 0 Å². The van der Waals surface area contributed by atoms with Crippen LogP contribution < -0.4 is 0 Å². The van der Waals surface area contributed by atoms with Crippen molar-refractivity contribution in [1.82, 2.24) is 15.0 Å². The molecule has 6 heteroatoms. The third kappa shape index (κ3) is 3.21. The molecule has 0 aliphatic carbocycles. The first-order valence-corrected chi connectivity index (χ1v) is 8.34. The van der Waals surface area contributed by atoms with E-state index < -0.39 is 0 Å². The average molecular weight is 364 g/mol. The molecule has 0 bridgehead atoms. The number of hydrogen-bond donors (Lipinski definition) is 0. The zero-order chi connectivity index (χ0) is 15.5. The molecular formula is C16H18BrN3O2. The number of likely N-dealkylation sites (tertiary alicyclic amines) is 1. The Kier molecular flexibility index (Phi) is 4.57. The van der Waals surface area contributed by atoms with Gasteiger partial charge in [0.25, 0.3) is 0 Å². The topological polar surface area (TPSA) is 59.2 Å². The standard InChI is InChI=1S/C16H18BrN3O2/c1-2-14(21)20-9-3-4-12(10-20)16-18-15(19-22-16)11-5-7-13(17)8-6-11/h5-8,12H,2-4,9-10H2,1H3/t12-/m1/s1. The van der Waals surface area contributed by atoms with Gasteiger partial charge in [0.05, 0.1) is 5.92 Å². The lowest BCUT2D eigenvalue weighted by molar-refractivity contribution is -0.132. The van der Waals surface area contributed by atoms with Crippen LogP contribution in [0.25, 0.3) is 11.4 Å². The Bertz CT molecular complexity index is 654. The molecule has 1 aromatic carbocycles. The van der Waals surface area contributed by atoms with Crippen LogP contribution in [0.4, 0.5) is 0 Å². The van der Waals surface area contributed by atoms with Gasteiger partial charge in [0.2, 0.25) is 17.6 Å². The minimum Gasteiger partial charge on any atom is -0.342 e. The van der Waals surface area contributed by atoms with Crippen LogP contribution in [0.15, 0.2) is 33.3 Å². The van der Waals surface area contributed by atoms with Crippen molar-refractivity contribution in [2.75, 3.05) is 13.1 Å². The number of aromatic nitrogens is 2. The van der Waals surface area contributed by atoms with Crippen LogP contribution in [0, 0.1) is 0 Å². The summed E-state index contributed by atoms with van der Waals surface area (Å²) in [6.07, 6.45) is 2.50. The maximum atomic E-state index is 11.9. The minimum absolute atomic E-state index is 0.140. The monoisotopic (exact) mass is 363 g/mol. The van der Waals surface area contributed by atoms with E-state index >= 15 is 0 Å². The molecule has 0 unspecified atom stereocenters. The second kappa shape index (κ2) is 6.60. The Morgan fingerprint density at radius 3 is 2.91 bits per heavy atom. The van der Waals surface area contributed by atoms with E-state index in [1.165, 1.54) is 0 Å². The summed E-state index contributed by atoms with van der Waals surface area (Å²) in [5.74, 6) is 1.56. The summed E-state index contributed by atoms with van der Waals surface area (Å²) in [5, 5.41) is 4.08. The van der Waals surface area contributed by atoms with E-state index in [2.05, 4.69) is 26.1 Å². The van der Waals surface area contributed by atoms with E-state index in [1.807, 2.05) is 36.1 Å². The predicted molar refractivity (Wildman–Crippen MR) is 86.3 cm³/mol. The molecule has 1 saturated heterocycles. The van der Waals surface area contributed by atoms with Gasteiger partial charge < -0.3 is 9.42 Å². The van der Waals surface area contributed by atoms with E-state index in [9.17, 15) is 4.79 Å². The molecule has 22 heavy (non-hydrogen) atoms. The molecule has 1 aliphatic rings. The zero-order valence-corrected chi connectivity index (χ0v) is 14.0. The van der Waals surface area contributed by atoms with Gasteiger partial charge in [-0.1, -0.05) is 28.0 Å². The first-order chi connectivity index (χ1) is 10.7. The largest absolute Gasteiger partial charge is 0.342 e. The first-order valence-electron chi connectivity index (χ1n) is 7.54. The molecule has 116 valence electrons. The fraction of sp³-hybridized carbons (Fsp3) is 0.438. The highest BCUT2D eigenvalue weighted by Crippen LogP contribution is 2.28. The minimum atomic E-state index is 0.140. The van der Waals surface area contributed by atoms with Crippen molar-refractivity contribution >= 4 is 21.8 Å². The fourth-order valence-electron chi connectivity index (χ4n) is 2.75. The van der Waals surface area contributed by atoms with Crippen molar-refractivity contribution in [3.05, 3.63) is 34.6 Å². The van der Waals surface area contributed by atoms with Crippen molar-refractivity contribution in [2.45, 2.75) is 32.1 Å². The molecule has 1 amide bonds. The van der Waals surface area contributed by atoms with Gasteiger partial charge in [-0.25, -0.2) is 0 Å². The average Bonchev–Trinajstić information content (AvgIpc) is 3.05. The van der Waals surface area contributed by atoms with Crippen LogP contribution in [0.5, 0.6) is 0 Å². The van der Waals surface area contributed by atoms with E-state index in [1.54, 1.807) is 0 Å². The molecule has 3 rings (SSSR count). The highest BCUT2D eigenvalue weighted by Gasteiger charge is 2.28. The summed E-state index contributed by atoms with van der Waals surface area (Å²) in [7, 11) is 0. The number of piperidine rings is 1. The van der Waals surface area contributed by atoms with Gasteiger partial charge in [-0.05, 0) is 37.1 Å². The lowest BCUT2D eigenvalue weighted by atomic mass is 9.97. The summed E-state index contributed by atoms with van der Waals surface area (Å²) in [6.45, 7) is 3.40. The van der Waals surface area contributed by atoms with Crippen molar-refractivity contribution in [3.8, 4) is 11.4 Å². The molecular weight excluding hydrogens is 346 g/mol. The van der Waals surface area contributed by atoms with Gasteiger partial charge in [0.15, 0.2) is 0 Å². The summed E-state index contributed by atoms with van der Waals surface area (Å²) in [4.78, 5) is 18.3. The summed E-state index contributed by atoms with van der Waals surface area (Å²) in [6, 6.07) is 7.81. The molecule has 0 radical (unpaired) electrons. The molecule has 2 aromatic rings. The Morgan fingerprint density at radius 1 is 1.41 bits per heavy atom. The van der Waals surface area contributed by atoms with E-state index in [-0.39, 0.29) is 11.8 Å². The second-order valence-electron chi connectivity index (χ2n) is 5.50. The first kappa shape index (κ1) is 15.2. The number of nitrogens with zero attached hydrogens (tertiary/aromatic N) is 3. The van der Waals surface area contributed by atoms with Crippen molar-refractivity contribution in [2.24, 2.45) is 0 Å². The van der Waals surface area contributed by atoms with Crippen LogP contribution in [-0.4, -0.2) is 34.0 Å². The Hall–Kier alpha value is -1.69. The molecule has 1 aliphatic heterocycles. The molecule has 5 nitrogen and oxygen atoms in total. The van der Waals surface area contributed by atoms with Crippen LogP contribution in [0.3, 0.4) is 0 Å². The predicted octanol–water partition coefficient (Wildman–Crippen LogP) is 3.62.